The van der Waals surface area contributed by atoms with Crippen molar-refractivity contribution in [3.8, 4) is 0 Å². The fourth-order valence-electron chi connectivity index (χ4n) is 4.50. The Labute approximate surface area is 197 Å². The first kappa shape index (κ1) is 30.9. The third kappa shape index (κ3) is 27.9. The van der Waals surface area contributed by atoms with Crippen LogP contribution in [0.4, 0.5) is 0 Å². The van der Waals surface area contributed by atoms with Crippen LogP contribution in [0.5, 0.6) is 0 Å². The average Bonchev–Trinajstić information content (AvgIpc) is 2.78. The Kier molecular flexibility index (Phi) is 27.9. The molecule has 0 bridgehead atoms. The van der Waals surface area contributed by atoms with Crippen molar-refractivity contribution < 1.29 is 5.11 Å². The summed E-state index contributed by atoms with van der Waals surface area (Å²) < 4.78 is 0. The summed E-state index contributed by atoms with van der Waals surface area (Å²) >= 11 is 0. The maximum Gasteiger partial charge on any atom is 0.104 e. The molecule has 0 amide bonds. The predicted octanol–water partition coefficient (Wildman–Crippen LogP) is 9.69. The van der Waals surface area contributed by atoms with Crippen LogP contribution >= 0.6 is 0 Å². The minimum Gasteiger partial charge on any atom is -0.379 e. The minimum atomic E-state index is -0.301. The Morgan fingerprint density at radius 3 is 0.935 bits per heavy atom. The molecule has 0 aromatic heterocycles. The van der Waals surface area contributed by atoms with E-state index < -0.39 is 0 Å². The Morgan fingerprint density at radius 1 is 0.419 bits per heavy atom. The van der Waals surface area contributed by atoms with Crippen molar-refractivity contribution in [3.63, 3.8) is 0 Å². The van der Waals surface area contributed by atoms with Gasteiger partial charge >= 0.3 is 0 Å². The monoisotopic (exact) mass is 439 g/mol. The van der Waals surface area contributed by atoms with Crippen LogP contribution in [0.3, 0.4) is 0 Å². The lowest BCUT2D eigenvalue weighted by Gasteiger charge is -2.09. The molecule has 1 atom stereocenters. The van der Waals surface area contributed by atoms with Gasteiger partial charge in [-0.3, -0.25) is 5.32 Å². The van der Waals surface area contributed by atoms with Gasteiger partial charge in [-0.25, -0.2) is 0 Å². The summed E-state index contributed by atoms with van der Waals surface area (Å²) in [7, 11) is 0. The van der Waals surface area contributed by atoms with Gasteiger partial charge < -0.3 is 5.11 Å². The molecule has 0 radical (unpaired) electrons. The molecule has 0 saturated heterocycles. The van der Waals surface area contributed by atoms with Crippen molar-refractivity contribution in [1.82, 2.24) is 5.32 Å². The first-order valence-corrected chi connectivity index (χ1v) is 14.7. The molecule has 0 aromatic carbocycles. The molecule has 0 aliphatic carbocycles. The van der Waals surface area contributed by atoms with Crippen molar-refractivity contribution in [2.45, 2.75) is 181 Å². The maximum atomic E-state index is 9.43. The molecule has 31 heavy (non-hydrogen) atoms. The quantitative estimate of drug-likeness (QED) is 0.0985. The highest BCUT2D eigenvalue weighted by Crippen LogP contribution is 2.15. The fourth-order valence-corrected chi connectivity index (χ4v) is 4.50. The number of hydrogen-bond donors (Lipinski definition) is 2. The van der Waals surface area contributed by atoms with Crippen molar-refractivity contribution in [3.05, 3.63) is 0 Å². The topological polar surface area (TPSA) is 32.3 Å². The second kappa shape index (κ2) is 28.0. The Balaban J connectivity index is 3.01. The van der Waals surface area contributed by atoms with Crippen LogP contribution in [0.1, 0.15) is 174 Å². The second-order valence-electron chi connectivity index (χ2n) is 10.0. The largest absolute Gasteiger partial charge is 0.379 e. The summed E-state index contributed by atoms with van der Waals surface area (Å²) in [5, 5.41) is 12.6. The lowest BCUT2D eigenvalue weighted by molar-refractivity contribution is 0.133. The number of aliphatic hydroxyl groups excluding tert-OH is 1. The van der Waals surface area contributed by atoms with Gasteiger partial charge in [-0.15, -0.1) is 0 Å². The van der Waals surface area contributed by atoms with Gasteiger partial charge in [-0.2, -0.15) is 0 Å². The number of aliphatic hydroxyl groups is 1. The molecule has 0 aromatic rings. The van der Waals surface area contributed by atoms with Crippen LogP contribution in [-0.2, 0) is 0 Å². The SMILES string of the molecule is CCCCCCCCCCCCCCCCCCCCCCCCCCNC(O)CC. The van der Waals surface area contributed by atoms with Crippen LogP contribution in [0, 0.1) is 0 Å². The molecule has 2 heteroatoms. The third-order valence-corrected chi connectivity index (χ3v) is 6.80. The maximum absolute atomic E-state index is 9.43. The Morgan fingerprint density at radius 2 is 0.677 bits per heavy atom. The minimum absolute atomic E-state index is 0.301. The van der Waals surface area contributed by atoms with Gasteiger partial charge in [-0.1, -0.05) is 162 Å². The van der Waals surface area contributed by atoms with Gasteiger partial charge in [0, 0.05) is 0 Å². The number of nitrogens with one attached hydrogen (secondary N) is 1. The highest BCUT2D eigenvalue weighted by atomic mass is 16.3. The van der Waals surface area contributed by atoms with Crippen LogP contribution in [0.2, 0.25) is 0 Å². The first-order valence-electron chi connectivity index (χ1n) is 14.7. The van der Waals surface area contributed by atoms with E-state index in [9.17, 15) is 5.11 Å². The fraction of sp³-hybridized carbons (Fsp3) is 1.00. The van der Waals surface area contributed by atoms with Gasteiger partial charge in [0.25, 0.3) is 0 Å². The molecule has 0 aliphatic heterocycles. The predicted molar refractivity (Wildman–Crippen MR) is 141 cm³/mol. The number of unbranched alkanes of at least 4 members (excludes halogenated alkanes) is 23. The highest BCUT2D eigenvalue weighted by molar-refractivity contribution is 4.53. The summed E-state index contributed by atoms with van der Waals surface area (Å²) in [5.74, 6) is 0. The smallest absolute Gasteiger partial charge is 0.104 e. The van der Waals surface area contributed by atoms with E-state index in [4.69, 9.17) is 0 Å². The number of rotatable bonds is 27. The van der Waals surface area contributed by atoms with Crippen molar-refractivity contribution in [1.29, 1.82) is 0 Å². The second-order valence-corrected chi connectivity index (χ2v) is 10.0. The molecular formula is C29H61NO. The molecule has 0 spiro atoms. The molecule has 0 fully saturated rings. The standard InChI is InChI=1S/C29H61NO/c1-3-5-6-7-8-9-10-11-12-13-14-15-16-17-18-19-20-21-22-23-24-25-26-27-28-30-29(31)4-2/h29-31H,3-28H2,1-2H3. The molecule has 0 aliphatic rings. The normalized spacial score (nSPS) is 12.5. The van der Waals surface area contributed by atoms with Crippen LogP contribution < -0.4 is 5.32 Å². The van der Waals surface area contributed by atoms with Crippen molar-refractivity contribution in [2.75, 3.05) is 6.54 Å². The molecule has 188 valence electrons. The van der Waals surface area contributed by atoms with E-state index in [1.807, 2.05) is 6.92 Å². The van der Waals surface area contributed by atoms with Gasteiger partial charge in [-0.05, 0) is 19.4 Å². The van der Waals surface area contributed by atoms with Crippen LogP contribution in [0.15, 0.2) is 0 Å². The zero-order valence-corrected chi connectivity index (χ0v) is 21.9. The van der Waals surface area contributed by atoms with Gasteiger partial charge in [0.05, 0.1) is 0 Å². The molecule has 1 unspecified atom stereocenters. The molecule has 0 rings (SSSR count). The highest BCUT2D eigenvalue weighted by Gasteiger charge is 1.98. The summed E-state index contributed by atoms with van der Waals surface area (Å²) in [6.07, 6.45) is 35.0. The Hall–Kier alpha value is -0.0800. The third-order valence-electron chi connectivity index (χ3n) is 6.80. The lowest BCUT2D eigenvalue weighted by atomic mass is 10.0. The summed E-state index contributed by atoms with van der Waals surface area (Å²) in [4.78, 5) is 0. The summed E-state index contributed by atoms with van der Waals surface area (Å²) in [6.45, 7) is 5.28. The van der Waals surface area contributed by atoms with Crippen molar-refractivity contribution >= 4 is 0 Å². The van der Waals surface area contributed by atoms with E-state index in [1.54, 1.807) is 0 Å². The molecular weight excluding hydrogens is 378 g/mol. The van der Waals surface area contributed by atoms with E-state index >= 15 is 0 Å². The zero-order valence-electron chi connectivity index (χ0n) is 21.9. The molecule has 2 N–H and O–H groups in total. The van der Waals surface area contributed by atoms with Crippen LogP contribution in [-0.4, -0.2) is 17.9 Å². The first-order chi connectivity index (χ1) is 15.3. The molecule has 0 heterocycles. The average molecular weight is 440 g/mol. The zero-order chi connectivity index (χ0) is 22.7. The van der Waals surface area contributed by atoms with Gasteiger partial charge in [0.2, 0.25) is 0 Å². The molecule has 2 nitrogen and oxygen atoms in total. The molecule has 0 saturated carbocycles. The van der Waals surface area contributed by atoms with Crippen molar-refractivity contribution in [2.24, 2.45) is 0 Å². The van der Waals surface area contributed by atoms with Gasteiger partial charge in [0.15, 0.2) is 0 Å². The summed E-state index contributed by atoms with van der Waals surface area (Å²) in [6, 6.07) is 0. The van der Waals surface area contributed by atoms with Crippen LogP contribution in [0.25, 0.3) is 0 Å². The van der Waals surface area contributed by atoms with E-state index in [0.717, 1.165) is 13.0 Å². The number of hydrogen-bond acceptors (Lipinski definition) is 2. The van der Waals surface area contributed by atoms with E-state index in [1.165, 1.54) is 154 Å². The van der Waals surface area contributed by atoms with E-state index in [2.05, 4.69) is 12.2 Å². The Bertz CT molecular complexity index is 307. The summed E-state index contributed by atoms with van der Waals surface area (Å²) in [5.41, 5.74) is 0. The van der Waals surface area contributed by atoms with E-state index in [0.29, 0.717) is 0 Å². The lowest BCUT2D eigenvalue weighted by Crippen LogP contribution is -2.28. The van der Waals surface area contributed by atoms with E-state index in [-0.39, 0.29) is 6.23 Å². The van der Waals surface area contributed by atoms with Gasteiger partial charge in [0.1, 0.15) is 6.23 Å².